The number of carbonyl (C=O) groups excluding carboxylic acids is 2. The molecule has 0 atom stereocenters. The summed E-state index contributed by atoms with van der Waals surface area (Å²) in [5.41, 5.74) is 1.69. The Hall–Kier alpha value is -2.12. The number of rotatable bonds is 5. The lowest BCUT2D eigenvalue weighted by molar-refractivity contribution is -0.118. The molecule has 0 radical (unpaired) electrons. The first-order valence-electron chi connectivity index (χ1n) is 8.48. The quantitative estimate of drug-likeness (QED) is 0.795. The van der Waals surface area contributed by atoms with E-state index in [1.807, 2.05) is 4.90 Å². The van der Waals surface area contributed by atoms with Gasteiger partial charge >= 0.3 is 0 Å². The molecule has 2 aromatic rings. The van der Waals surface area contributed by atoms with Gasteiger partial charge < -0.3 is 15.4 Å². The van der Waals surface area contributed by atoms with Crippen molar-refractivity contribution in [3.8, 4) is 0 Å². The topological polar surface area (TPSA) is 70.7 Å². The van der Waals surface area contributed by atoms with Crippen LogP contribution in [0.15, 0.2) is 42.5 Å². The second-order valence-corrected chi connectivity index (χ2v) is 6.91. The van der Waals surface area contributed by atoms with Gasteiger partial charge in [-0.15, -0.1) is 0 Å². The van der Waals surface area contributed by atoms with E-state index < -0.39 is 0 Å². The van der Waals surface area contributed by atoms with E-state index in [0.717, 1.165) is 13.1 Å². The summed E-state index contributed by atoms with van der Waals surface area (Å²) >= 11 is 11.8. The highest BCUT2D eigenvalue weighted by Crippen LogP contribution is 2.23. The van der Waals surface area contributed by atoms with E-state index >= 15 is 0 Å². The Bertz CT molecular complexity index is 821. The number of carbonyl (C=O) groups is 2. The molecule has 1 fully saturated rings. The number of halogens is 2. The number of hydrogen-bond acceptors (Lipinski definition) is 4. The van der Waals surface area contributed by atoms with Crippen LogP contribution in [0.1, 0.15) is 10.4 Å². The zero-order valence-electron chi connectivity index (χ0n) is 14.5. The first kappa shape index (κ1) is 19.6. The van der Waals surface area contributed by atoms with Gasteiger partial charge in [-0.05, 0) is 42.5 Å². The Labute approximate surface area is 167 Å². The minimum Gasteiger partial charge on any atom is -0.379 e. The van der Waals surface area contributed by atoms with Crippen molar-refractivity contribution in [1.29, 1.82) is 0 Å². The van der Waals surface area contributed by atoms with Crippen LogP contribution in [-0.4, -0.2) is 49.6 Å². The summed E-state index contributed by atoms with van der Waals surface area (Å²) in [5, 5.41) is 6.34. The Morgan fingerprint density at radius 3 is 2.19 bits per heavy atom. The third-order valence-electron chi connectivity index (χ3n) is 4.08. The Morgan fingerprint density at radius 2 is 1.56 bits per heavy atom. The van der Waals surface area contributed by atoms with Gasteiger partial charge in [0.05, 0.1) is 29.8 Å². The van der Waals surface area contributed by atoms with E-state index in [-0.39, 0.29) is 11.8 Å². The minimum absolute atomic E-state index is 0.0792. The second-order valence-electron chi connectivity index (χ2n) is 6.10. The molecule has 0 saturated carbocycles. The van der Waals surface area contributed by atoms with Crippen LogP contribution in [0.4, 0.5) is 11.4 Å². The van der Waals surface area contributed by atoms with E-state index in [1.165, 1.54) is 6.07 Å². The number of morpholine rings is 1. The van der Waals surface area contributed by atoms with Crippen molar-refractivity contribution in [3.63, 3.8) is 0 Å². The predicted molar refractivity (Wildman–Crippen MR) is 107 cm³/mol. The predicted octanol–water partition coefficient (Wildman–Crippen LogP) is 3.52. The lowest BCUT2D eigenvalue weighted by Crippen LogP contribution is -2.41. The van der Waals surface area contributed by atoms with Crippen molar-refractivity contribution >= 4 is 46.4 Å². The first-order chi connectivity index (χ1) is 13.0. The summed E-state index contributed by atoms with van der Waals surface area (Å²) in [6.07, 6.45) is 0. The van der Waals surface area contributed by atoms with Crippen LogP contribution in [0, 0.1) is 0 Å². The molecular formula is C19H19Cl2N3O3. The number of amides is 2. The van der Waals surface area contributed by atoms with Crippen LogP contribution in [0.25, 0.3) is 0 Å². The SMILES string of the molecule is O=C(CN1CCOCC1)Nc1ccc(NC(=O)c2ccc(Cl)c(Cl)c2)cc1. The fourth-order valence-corrected chi connectivity index (χ4v) is 2.94. The highest BCUT2D eigenvalue weighted by Gasteiger charge is 2.14. The minimum atomic E-state index is -0.294. The zero-order chi connectivity index (χ0) is 19.2. The third kappa shape index (κ3) is 5.68. The number of nitrogens with zero attached hydrogens (tertiary/aromatic N) is 1. The average molecular weight is 408 g/mol. The molecule has 0 spiro atoms. The molecule has 1 aliphatic rings. The number of nitrogens with one attached hydrogen (secondary N) is 2. The fourth-order valence-electron chi connectivity index (χ4n) is 2.64. The maximum atomic E-state index is 12.3. The third-order valence-corrected chi connectivity index (χ3v) is 4.82. The largest absolute Gasteiger partial charge is 0.379 e. The van der Waals surface area contributed by atoms with Gasteiger partial charge in [-0.25, -0.2) is 0 Å². The zero-order valence-corrected chi connectivity index (χ0v) is 16.0. The van der Waals surface area contributed by atoms with Crippen molar-refractivity contribution < 1.29 is 14.3 Å². The van der Waals surface area contributed by atoms with Crippen molar-refractivity contribution in [2.75, 3.05) is 43.5 Å². The molecule has 3 rings (SSSR count). The van der Waals surface area contributed by atoms with Gasteiger partial charge in [0, 0.05) is 30.0 Å². The molecular weight excluding hydrogens is 389 g/mol. The van der Waals surface area contributed by atoms with E-state index in [1.54, 1.807) is 36.4 Å². The number of ether oxygens (including phenoxy) is 1. The van der Waals surface area contributed by atoms with Gasteiger partial charge in [0.25, 0.3) is 5.91 Å². The highest BCUT2D eigenvalue weighted by molar-refractivity contribution is 6.42. The molecule has 27 heavy (non-hydrogen) atoms. The van der Waals surface area contributed by atoms with Gasteiger partial charge in [0.2, 0.25) is 5.91 Å². The lowest BCUT2D eigenvalue weighted by atomic mass is 10.2. The fraction of sp³-hybridized carbons (Fsp3) is 0.263. The number of benzene rings is 2. The standard InChI is InChI=1S/C19H19Cl2N3O3/c20-16-6-1-13(11-17(16)21)19(26)23-15-4-2-14(3-5-15)22-18(25)12-24-7-9-27-10-8-24/h1-6,11H,7-10,12H2,(H,22,25)(H,23,26). The Morgan fingerprint density at radius 1 is 0.926 bits per heavy atom. The van der Waals surface area contributed by atoms with Crippen LogP contribution in [0.3, 0.4) is 0 Å². The van der Waals surface area contributed by atoms with Crippen LogP contribution in [0.2, 0.25) is 10.0 Å². The molecule has 2 aromatic carbocycles. The molecule has 0 unspecified atom stereocenters. The van der Waals surface area contributed by atoms with Gasteiger partial charge in [-0.2, -0.15) is 0 Å². The van der Waals surface area contributed by atoms with Crippen LogP contribution < -0.4 is 10.6 Å². The number of anilines is 2. The monoisotopic (exact) mass is 407 g/mol. The van der Waals surface area contributed by atoms with E-state index in [0.29, 0.717) is 46.7 Å². The maximum absolute atomic E-state index is 12.3. The van der Waals surface area contributed by atoms with Crippen molar-refractivity contribution in [2.24, 2.45) is 0 Å². The summed E-state index contributed by atoms with van der Waals surface area (Å²) in [6.45, 7) is 3.15. The molecule has 142 valence electrons. The first-order valence-corrected chi connectivity index (χ1v) is 9.23. The Balaban J connectivity index is 1.54. The molecule has 0 aromatic heterocycles. The van der Waals surface area contributed by atoms with Gasteiger partial charge in [0.15, 0.2) is 0 Å². The average Bonchev–Trinajstić information content (AvgIpc) is 2.66. The summed E-state index contributed by atoms with van der Waals surface area (Å²) in [6, 6.07) is 11.6. The molecule has 1 aliphatic heterocycles. The molecule has 6 nitrogen and oxygen atoms in total. The van der Waals surface area contributed by atoms with E-state index in [2.05, 4.69) is 10.6 Å². The summed E-state index contributed by atoms with van der Waals surface area (Å²) in [4.78, 5) is 26.4. The molecule has 1 heterocycles. The summed E-state index contributed by atoms with van der Waals surface area (Å²) in [7, 11) is 0. The second kappa shape index (κ2) is 9.19. The number of hydrogen-bond donors (Lipinski definition) is 2. The Kier molecular flexibility index (Phi) is 6.68. The van der Waals surface area contributed by atoms with Gasteiger partial charge in [-0.1, -0.05) is 23.2 Å². The summed E-state index contributed by atoms with van der Waals surface area (Å²) < 4.78 is 5.27. The van der Waals surface area contributed by atoms with Gasteiger partial charge in [0.1, 0.15) is 0 Å². The normalized spacial score (nSPS) is 14.6. The molecule has 8 heteroatoms. The summed E-state index contributed by atoms with van der Waals surface area (Å²) in [5.74, 6) is -0.373. The molecule has 1 saturated heterocycles. The van der Waals surface area contributed by atoms with Crippen molar-refractivity contribution in [3.05, 3.63) is 58.1 Å². The molecule has 0 bridgehead atoms. The van der Waals surface area contributed by atoms with Crippen molar-refractivity contribution in [1.82, 2.24) is 4.90 Å². The molecule has 0 aliphatic carbocycles. The lowest BCUT2D eigenvalue weighted by Gasteiger charge is -2.25. The van der Waals surface area contributed by atoms with Crippen LogP contribution in [0.5, 0.6) is 0 Å². The van der Waals surface area contributed by atoms with Gasteiger partial charge in [-0.3, -0.25) is 14.5 Å². The molecule has 2 amide bonds. The van der Waals surface area contributed by atoms with Crippen LogP contribution >= 0.6 is 23.2 Å². The molecule has 2 N–H and O–H groups in total. The smallest absolute Gasteiger partial charge is 0.255 e. The highest BCUT2D eigenvalue weighted by atomic mass is 35.5. The van der Waals surface area contributed by atoms with Crippen molar-refractivity contribution in [2.45, 2.75) is 0 Å². The van der Waals surface area contributed by atoms with E-state index in [9.17, 15) is 9.59 Å². The van der Waals surface area contributed by atoms with Crippen LogP contribution in [-0.2, 0) is 9.53 Å². The van der Waals surface area contributed by atoms with E-state index in [4.69, 9.17) is 27.9 Å². The maximum Gasteiger partial charge on any atom is 0.255 e.